The van der Waals surface area contributed by atoms with E-state index in [0.717, 1.165) is 12.8 Å². The van der Waals surface area contributed by atoms with Gasteiger partial charge < -0.3 is 20.7 Å². The molecule has 6 nitrogen and oxygen atoms in total. The predicted octanol–water partition coefficient (Wildman–Crippen LogP) is -0.974. The van der Waals surface area contributed by atoms with E-state index in [4.69, 9.17) is 10.5 Å². The highest BCUT2D eigenvalue weighted by atomic mass is 32.1. The molecule has 0 heterocycles. The Kier molecular flexibility index (Phi) is 5.30. The Morgan fingerprint density at radius 2 is 2.18 bits per heavy atom. The minimum absolute atomic E-state index is 0.0443. The molecule has 0 aromatic heterocycles. The number of carbonyl (C=O) groups is 2. The zero-order valence-electron chi connectivity index (χ0n) is 9.77. The third-order valence-corrected chi connectivity index (χ3v) is 2.55. The summed E-state index contributed by atoms with van der Waals surface area (Å²) >= 11 is 4.62. The third kappa shape index (κ3) is 4.66. The van der Waals surface area contributed by atoms with Crippen molar-refractivity contribution in [3.8, 4) is 0 Å². The highest BCUT2D eigenvalue weighted by Crippen LogP contribution is 2.26. The van der Waals surface area contributed by atoms with E-state index in [1.807, 2.05) is 0 Å². The van der Waals surface area contributed by atoms with Crippen LogP contribution in [0.5, 0.6) is 0 Å². The molecule has 2 amide bonds. The summed E-state index contributed by atoms with van der Waals surface area (Å²) < 4.78 is 4.91. The van der Waals surface area contributed by atoms with Gasteiger partial charge in [0.15, 0.2) is 0 Å². The van der Waals surface area contributed by atoms with Crippen LogP contribution in [0.2, 0.25) is 0 Å². The van der Waals surface area contributed by atoms with E-state index in [1.165, 1.54) is 0 Å². The number of carbonyl (C=O) groups excluding carboxylic acids is 2. The standard InChI is InChI=1S/C10H17N3O3S/c1-16-5-4-13(7-2-3-7)10(15)9(14)12-6-8(11)17/h7H,2-6H2,1H3,(H2,11,17)(H,12,14). The van der Waals surface area contributed by atoms with Crippen LogP contribution in [-0.2, 0) is 14.3 Å². The molecule has 96 valence electrons. The first kappa shape index (κ1) is 13.9. The van der Waals surface area contributed by atoms with Crippen molar-refractivity contribution < 1.29 is 14.3 Å². The molecule has 0 aromatic carbocycles. The molecule has 1 aliphatic carbocycles. The molecule has 3 N–H and O–H groups in total. The quantitative estimate of drug-likeness (QED) is 0.473. The first-order valence-electron chi connectivity index (χ1n) is 5.42. The Morgan fingerprint density at radius 1 is 1.53 bits per heavy atom. The molecule has 0 aromatic rings. The Bertz CT molecular complexity index is 318. The van der Waals surface area contributed by atoms with Crippen molar-refractivity contribution in [2.45, 2.75) is 18.9 Å². The number of rotatable bonds is 6. The Labute approximate surface area is 105 Å². The van der Waals surface area contributed by atoms with Gasteiger partial charge in [-0.15, -0.1) is 0 Å². The SMILES string of the molecule is COCCN(C(=O)C(=O)NCC(N)=S)C1CC1. The van der Waals surface area contributed by atoms with Gasteiger partial charge in [-0.3, -0.25) is 9.59 Å². The molecule has 0 saturated heterocycles. The van der Waals surface area contributed by atoms with Crippen LogP contribution in [-0.4, -0.2) is 54.6 Å². The second-order valence-corrected chi connectivity index (χ2v) is 4.40. The summed E-state index contributed by atoms with van der Waals surface area (Å²) in [6, 6.07) is 0.174. The van der Waals surface area contributed by atoms with E-state index in [0.29, 0.717) is 13.2 Å². The van der Waals surface area contributed by atoms with Gasteiger partial charge in [0.1, 0.15) is 0 Å². The van der Waals surface area contributed by atoms with E-state index in [-0.39, 0.29) is 17.6 Å². The van der Waals surface area contributed by atoms with Crippen LogP contribution < -0.4 is 11.1 Å². The van der Waals surface area contributed by atoms with Gasteiger partial charge in [0.25, 0.3) is 0 Å². The van der Waals surface area contributed by atoms with E-state index in [1.54, 1.807) is 12.0 Å². The number of nitrogens with zero attached hydrogens (tertiary/aromatic N) is 1. The van der Waals surface area contributed by atoms with Gasteiger partial charge >= 0.3 is 11.8 Å². The lowest BCUT2D eigenvalue weighted by molar-refractivity contribution is -0.146. The van der Waals surface area contributed by atoms with E-state index in [2.05, 4.69) is 17.5 Å². The van der Waals surface area contributed by atoms with Gasteiger partial charge in [0.2, 0.25) is 0 Å². The zero-order valence-corrected chi connectivity index (χ0v) is 10.6. The fourth-order valence-electron chi connectivity index (χ4n) is 1.40. The van der Waals surface area contributed by atoms with Crippen molar-refractivity contribution in [3.63, 3.8) is 0 Å². The summed E-state index contributed by atoms with van der Waals surface area (Å²) in [5.74, 6) is -1.21. The third-order valence-electron chi connectivity index (χ3n) is 2.40. The number of hydrogen-bond acceptors (Lipinski definition) is 4. The lowest BCUT2D eigenvalue weighted by Gasteiger charge is -2.21. The van der Waals surface area contributed by atoms with Crippen molar-refractivity contribution in [3.05, 3.63) is 0 Å². The molecule has 0 aliphatic heterocycles. The summed E-state index contributed by atoms with van der Waals surface area (Å²) in [5, 5.41) is 2.38. The maximum atomic E-state index is 11.8. The van der Waals surface area contributed by atoms with Crippen LogP contribution in [0.3, 0.4) is 0 Å². The molecule has 0 unspecified atom stereocenters. The van der Waals surface area contributed by atoms with Gasteiger partial charge in [-0.2, -0.15) is 0 Å². The lowest BCUT2D eigenvalue weighted by Crippen LogP contribution is -2.47. The van der Waals surface area contributed by atoms with Gasteiger partial charge in [0, 0.05) is 19.7 Å². The van der Waals surface area contributed by atoms with Crippen LogP contribution in [0.1, 0.15) is 12.8 Å². The Balaban J connectivity index is 2.45. The van der Waals surface area contributed by atoms with E-state index in [9.17, 15) is 9.59 Å². The summed E-state index contributed by atoms with van der Waals surface area (Å²) in [5.41, 5.74) is 5.24. The van der Waals surface area contributed by atoms with Crippen LogP contribution in [0.15, 0.2) is 0 Å². The number of methoxy groups -OCH3 is 1. The average molecular weight is 259 g/mol. The van der Waals surface area contributed by atoms with E-state index < -0.39 is 11.8 Å². The molecule has 0 atom stereocenters. The number of hydrogen-bond donors (Lipinski definition) is 2. The highest BCUT2D eigenvalue weighted by molar-refractivity contribution is 7.80. The summed E-state index contributed by atoms with van der Waals surface area (Å²) in [7, 11) is 1.56. The van der Waals surface area contributed by atoms with Gasteiger partial charge in [-0.1, -0.05) is 12.2 Å². The lowest BCUT2D eigenvalue weighted by atomic mass is 10.4. The largest absolute Gasteiger partial charge is 0.392 e. The topological polar surface area (TPSA) is 84.7 Å². The summed E-state index contributed by atoms with van der Waals surface area (Å²) in [6.07, 6.45) is 1.88. The smallest absolute Gasteiger partial charge is 0.312 e. The highest BCUT2D eigenvalue weighted by Gasteiger charge is 2.35. The van der Waals surface area contributed by atoms with Crippen molar-refractivity contribution in [1.29, 1.82) is 0 Å². The van der Waals surface area contributed by atoms with Crippen LogP contribution in [0.25, 0.3) is 0 Å². The Morgan fingerprint density at radius 3 is 2.65 bits per heavy atom. The molecule has 0 bridgehead atoms. The maximum absolute atomic E-state index is 11.8. The molecule has 1 rings (SSSR count). The van der Waals surface area contributed by atoms with Crippen molar-refractivity contribution in [1.82, 2.24) is 10.2 Å². The fraction of sp³-hybridized carbons (Fsp3) is 0.700. The molecule has 1 aliphatic rings. The summed E-state index contributed by atoms with van der Waals surface area (Å²) in [6.45, 7) is 0.897. The number of nitrogens with two attached hydrogens (primary N) is 1. The molecular weight excluding hydrogens is 242 g/mol. The van der Waals surface area contributed by atoms with E-state index >= 15 is 0 Å². The molecule has 1 fully saturated rings. The predicted molar refractivity (Wildman–Crippen MR) is 66.4 cm³/mol. The molecule has 0 radical (unpaired) electrons. The molecule has 17 heavy (non-hydrogen) atoms. The number of amides is 2. The second kappa shape index (κ2) is 6.51. The molecule has 1 saturated carbocycles. The molecule has 7 heteroatoms. The van der Waals surface area contributed by atoms with Gasteiger partial charge in [-0.25, -0.2) is 0 Å². The first-order chi connectivity index (χ1) is 8.06. The van der Waals surface area contributed by atoms with Crippen molar-refractivity contribution in [2.75, 3.05) is 26.8 Å². The zero-order chi connectivity index (χ0) is 12.8. The van der Waals surface area contributed by atoms with Crippen LogP contribution in [0.4, 0.5) is 0 Å². The minimum atomic E-state index is -0.666. The average Bonchev–Trinajstić information content (AvgIpc) is 3.10. The van der Waals surface area contributed by atoms with Crippen LogP contribution >= 0.6 is 12.2 Å². The van der Waals surface area contributed by atoms with Crippen molar-refractivity contribution in [2.24, 2.45) is 5.73 Å². The monoisotopic (exact) mass is 259 g/mol. The number of thiocarbonyl (C=S) groups is 1. The summed E-state index contributed by atoms with van der Waals surface area (Å²) in [4.78, 5) is 25.0. The van der Waals surface area contributed by atoms with Crippen molar-refractivity contribution >= 4 is 29.0 Å². The maximum Gasteiger partial charge on any atom is 0.312 e. The van der Waals surface area contributed by atoms with Crippen LogP contribution in [0, 0.1) is 0 Å². The molecular formula is C10H17N3O3S. The van der Waals surface area contributed by atoms with Gasteiger partial charge in [0.05, 0.1) is 18.1 Å². The minimum Gasteiger partial charge on any atom is -0.392 e. The Hall–Kier alpha value is -1.21. The van der Waals surface area contributed by atoms with Gasteiger partial charge in [-0.05, 0) is 12.8 Å². The number of nitrogens with one attached hydrogen (secondary N) is 1. The first-order valence-corrected chi connectivity index (χ1v) is 5.83. The molecule has 0 spiro atoms. The fourth-order valence-corrected chi connectivity index (χ4v) is 1.47. The normalized spacial score (nSPS) is 14.2. The number of ether oxygens (including phenoxy) is 1. The second-order valence-electron chi connectivity index (χ2n) is 3.87.